The zero-order valence-corrected chi connectivity index (χ0v) is 8.92. The van der Waals surface area contributed by atoms with Gasteiger partial charge in [-0.2, -0.15) is 0 Å². The van der Waals surface area contributed by atoms with E-state index in [-0.39, 0.29) is 18.3 Å². The van der Waals surface area contributed by atoms with Crippen LogP contribution in [0.2, 0.25) is 0 Å². The molecule has 2 fully saturated rings. The quantitative estimate of drug-likeness (QED) is 0.641. The van der Waals surface area contributed by atoms with Gasteiger partial charge in [0, 0.05) is 12.6 Å². The van der Waals surface area contributed by atoms with Crippen molar-refractivity contribution in [3.05, 3.63) is 0 Å². The van der Waals surface area contributed by atoms with Gasteiger partial charge >= 0.3 is 0 Å². The number of carbonyl (C=O) groups is 1. The number of β-amino-alcohol motifs (C(OH)–C–C–N with tert-alkyl or cyclic N) is 1. The maximum atomic E-state index is 11.4. The van der Waals surface area contributed by atoms with Crippen molar-refractivity contribution in [2.45, 2.75) is 31.4 Å². The number of aliphatic hydroxyl groups excluding tert-OH is 1. The summed E-state index contributed by atoms with van der Waals surface area (Å²) in [6.45, 7) is 2.53. The van der Waals surface area contributed by atoms with Gasteiger partial charge in [0.1, 0.15) is 0 Å². The maximum Gasteiger partial charge on any atom is 0.225 e. The van der Waals surface area contributed by atoms with E-state index in [1.807, 2.05) is 4.90 Å². The van der Waals surface area contributed by atoms with Crippen molar-refractivity contribution in [2.75, 3.05) is 19.6 Å². The van der Waals surface area contributed by atoms with Crippen molar-refractivity contribution < 1.29 is 9.90 Å². The highest BCUT2D eigenvalue weighted by atomic mass is 35.5. The van der Waals surface area contributed by atoms with Gasteiger partial charge in [0.05, 0.1) is 12.5 Å². The van der Waals surface area contributed by atoms with Crippen LogP contribution < -0.4 is 5.32 Å². The molecule has 82 valence electrons. The van der Waals surface area contributed by atoms with E-state index in [0.29, 0.717) is 19.0 Å². The largest absolute Gasteiger partial charge is 0.391 e. The molecule has 2 rings (SSSR count). The Morgan fingerprint density at radius 3 is 2.50 bits per heavy atom. The molecule has 0 saturated carbocycles. The maximum absolute atomic E-state index is 11.4. The number of halogens is 1. The standard InChI is InChI=1S/C9H16N2O2.ClH/c12-8-5-9(13)11(6-8)7-1-3-10-4-2-7;/h7-8,10,12H,1-6H2;1H. The molecule has 0 bridgehead atoms. The third-order valence-corrected chi connectivity index (χ3v) is 2.89. The number of rotatable bonds is 1. The highest BCUT2D eigenvalue weighted by Crippen LogP contribution is 2.19. The first kappa shape index (κ1) is 11.8. The molecule has 1 amide bonds. The van der Waals surface area contributed by atoms with Crippen molar-refractivity contribution in [1.29, 1.82) is 0 Å². The zero-order chi connectivity index (χ0) is 9.26. The van der Waals surface area contributed by atoms with Crippen LogP contribution in [0.3, 0.4) is 0 Å². The molecular weight excluding hydrogens is 204 g/mol. The number of carbonyl (C=O) groups excluding carboxylic acids is 1. The third kappa shape index (κ3) is 2.38. The predicted octanol–water partition coefficient (Wildman–Crippen LogP) is -0.247. The molecule has 2 saturated heterocycles. The molecule has 1 atom stereocenters. The molecule has 0 radical (unpaired) electrons. The minimum absolute atomic E-state index is 0. The van der Waals surface area contributed by atoms with Crippen LogP contribution in [0, 0.1) is 0 Å². The van der Waals surface area contributed by atoms with Gasteiger partial charge < -0.3 is 15.3 Å². The van der Waals surface area contributed by atoms with Crippen molar-refractivity contribution in [1.82, 2.24) is 10.2 Å². The van der Waals surface area contributed by atoms with Crippen molar-refractivity contribution in [2.24, 2.45) is 0 Å². The molecule has 1 unspecified atom stereocenters. The number of amides is 1. The SMILES string of the molecule is Cl.O=C1CC(O)CN1C1CCNCC1. The highest BCUT2D eigenvalue weighted by molar-refractivity contribution is 5.85. The second kappa shape index (κ2) is 4.96. The van der Waals surface area contributed by atoms with Crippen LogP contribution in [0.15, 0.2) is 0 Å². The third-order valence-electron chi connectivity index (χ3n) is 2.89. The summed E-state index contributed by atoms with van der Waals surface area (Å²) in [7, 11) is 0. The van der Waals surface area contributed by atoms with E-state index in [1.165, 1.54) is 0 Å². The number of nitrogens with one attached hydrogen (secondary N) is 1. The van der Waals surface area contributed by atoms with Gasteiger partial charge in [-0.1, -0.05) is 0 Å². The van der Waals surface area contributed by atoms with Gasteiger partial charge in [-0.25, -0.2) is 0 Å². The van der Waals surface area contributed by atoms with E-state index in [2.05, 4.69) is 5.32 Å². The first-order valence-corrected chi connectivity index (χ1v) is 4.95. The molecule has 2 aliphatic heterocycles. The van der Waals surface area contributed by atoms with Crippen LogP contribution in [0.5, 0.6) is 0 Å². The molecule has 0 aromatic carbocycles. The first-order chi connectivity index (χ1) is 6.27. The summed E-state index contributed by atoms with van der Waals surface area (Å²) in [5.41, 5.74) is 0. The average Bonchev–Trinajstić information content (AvgIpc) is 2.47. The van der Waals surface area contributed by atoms with Gasteiger partial charge in [0.25, 0.3) is 0 Å². The number of piperidine rings is 1. The molecule has 2 heterocycles. The monoisotopic (exact) mass is 220 g/mol. The first-order valence-electron chi connectivity index (χ1n) is 4.95. The summed E-state index contributed by atoms with van der Waals surface area (Å²) in [6.07, 6.45) is 1.95. The number of nitrogens with zero attached hydrogens (tertiary/aromatic N) is 1. The Kier molecular flexibility index (Phi) is 4.16. The molecule has 0 aromatic rings. The molecule has 0 aliphatic carbocycles. The molecule has 0 aromatic heterocycles. The van der Waals surface area contributed by atoms with Gasteiger partial charge in [-0.05, 0) is 25.9 Å². The van der Waals surface area contributed by atoms with Crippen LogP contribution in [0.25, 0.3) is 0 Å². The lowest BCUT2D eigenvalue weighted by Crippen LogP contribution is -2.44. The van der Waals surface area contributed by atoms with E-state index in [0.717, 1.165) is 25.9 Å². The molecule has 4 nitrogen and oxygen atoms in total. The lowest BCUT2D eigenvalue weighted by Gasteiger charge is -2.31. The number of hydrogen-bond acceptors (Lipinski definition) is 3. The number of aliphatic hydroxyl groups is 1. The van der Waals surface area contributed by atoms with Crippen LogP contribution in [0.4, 0.5) is 0 Å². The van der Waals surface area contributed by atoms with Crippen LogP contribution in [-0.2, 0) is 4.79 Å². The molecule has 14 heavy (non-hydrogen) atoms. The van der Waals surface area contributed by atoms with E-state index in [1.54, 1.807) is 0 Å². The van der Waals surface area contributed by atoms with Crippen LogP contribution >= 0.6 is 12.4 Å². The molecule has 2 N–H and O–H groups in total. The van der Waals surface area contributed by atoms with Crippen molar-refractivity contribution >= 4 is 18.3 Å². The second-order valence-electron chi connectivity index (χ2n) is 3.89. The van der Waals surface area contributed by atoms with E-state index < -0.39 is 6.10 Å². The normalized spacial score (nSPS) is 29.1. The van der Waals surface area contributed by atoms with Crippen molar-refractivity contribution in [3.8, 4) is 0 Å². The van der Waals surface area contributed by atoms with Gasteiger partial charge in [0.2, 0.25) is 5.91 Å². The lowest BCUT2D eigenvalue weighted by atomic mass is 10.1. The Labute approximate surface area is 90.1 Å². The Bertz CT molecular complexity index is 207. The van der Waals surface area contributed by atoms with Crippen LogP contribution in [-0.4, -0.2) is 47.7 Å². The van der Waals surface area contributed by atoms with Gasteiger partial charge in [-0.3, -0.25) is 4.79 Å². The highest BCUT2D eigenvalue weighted by Gasteiger charge is 2.33. The predicted molar refractivity (Wildman–Crippen MR) is 55.5 cm³/mol. The summed E-state index contributed by atoms with van der Waals surface area (Å²) in [4.78, 5) is 13.3. The zero-order valence-electron chi connectivity index (χ0n) is 8.11. The summed E-state index contributed by atoms with van der Waals surface area (Å²) in [5, 5.41) is 12.6. The fourth-order valence-corrected chi connectivity index (χ4v) is 2.18. The fraction of sp³-hybridized carbons (Fsp3) is 0.889. The number of likely N-dealkylation sites (tertiary alicyclic amines) is 1. The Balaban J connectivity index is 0.000000980. The molecule has 2 aliphatic rings. The average molecular weight is 221 g/mol. The Morgan fingerprint density at radius 2 is 2.00 bits per heavy atom. The van der Waals surface area contributed by atoms with E-state index >= 15 is 0 Å². The van der Waals surface area contributed by atoms with E-state index in [4.69, 9.17) is 0 Å². The summed E-state index contributed by atoms with van der Waals surface area (Å²) < 4.78 is 0. The van der Waals surface area contributed by atoms with Gasteiger partial charge in [0.15, 0.2) is 0 Å². The summed E-state index contributed by atoms with van der Waals surface area (Å²) >= 11 is 0. The van der Waals surface area contributed by atoms with Gasteiger partial charge in [-0.15, -0.1) is 12.4 Å². The number of hydrogen-bond donors (Lipinski definition) is 2. The van der Waals surface area contributed by atoms with E-state index in [9.17, 15) is 9.90 Å². The minimum atomic E-state index is -0.428. The molecule has 0 spiro atoms. The minimum Gasteiger partial charge on any atom is -0.391 e. The second-order valence-corrected chi connectivity index (χ2v) is 3.89. The summed E-state index contributed by atoms with van der Waals surface area (Å²) in [6, 6.07) is 0.367. The van der Waals surface area contributed by atoms with Crippen molar-refractivity contribution in [3.63, 3.8) is 0 Å². The topological polar surface area (TPSA) is 52.6 Å². The Morgan fingerprint density at radius 1 is 1.36 bits per heavy atom. The van der Waals surface area contributed by atoms with Crippen LogP contribution in [0.1, 0.15) is 19.3 Å². The fourth-order valence-electron chi connectivity index (χ4n) is 2.18. The molecule has 5 heteroatoms. The lowest BCUT2D eigenvalue weighted by molar-refractivity contribution is -0.130. The molecular formula is C9H17ClN2O2. The smallest absolute Gasteiger partial charge is 0.225 e. The Hall–Kier alpha value is -0.320. The summed E-state index contributed by atoms with van der Waals surface area (Å²) in [5.74, 6) is 0.124.